The molecule has 1 aliphatic heterocycles. The molecule has 8 heteroatoms. The van der Waals surface area contributed by atoms with Crippen LogP contribution in [0.5, 0.6) is 0 Å². The molecule has 1 aromatic carbocycles. The second kappa shape index (κ2) is 6.83. The Balaban J connectivity index is 1.82. The molecular formula is C16H14Cl2N2O4. The zero-order chi connectivity index (χ0) is 17.3. The quantitative estimate of drug-likeness (QED) is 0.775. The molecule has 0 N–H and O–H groups in total. The van der Waals surface area contributed by atoms with E-state index in [1.165, 1.54) is 4.68 Å². The Labute approximate surface area is 148 Å². The molecule has 0 amide bonds. The molecular weight excluding hydrogens is 355 g/mol. The Kier molecular flexibility index (Phi) is 4.78. The summed E-state index contributed by atoms with van der Waals surface area (Å²) in [5.74, 6) is -1.23. The van der Waals surface area contributed by atoms with E-state index in [2.05, 4.69) is 5.10 Å². The fourth-order valence-corrected chi connectivity index (χ4v) is 2.96. The number of nitrogens with zero attached hydrogens (tertiary/aromatic N) is 2. The molecule has 2 heterocycles. The van der Waals surface area contributed by atoms with E-state index < -0.39 is 18.0 Å². The topological polar surface area (TPSA) is 70.4 Å². The average Bonchev–Trinajstić information content (AvgIpc) is 3.05. The number of esters is 2. The number of rotatable bonds is 4. The number of aryl methyl sites for hydroxylation is 1. The van der Waals surface area contributed by atoms with Gasteiger partial charge in [-0.25, -0.2) is 14.3 Å². The molecule has 0 radical (unpaired) electrons. The van der Waals surface area contributed by atoms with Crippen molar-refractivity contribution in [3.63, 3.8) is 0 Å². The second-order valence-electron chi connectivity index (χ2n) is 5.35. The molecule has 0 aliphatic carbocycles. The van der Waals surface area contributed by atoms with Crippen LogP contribution >= 0.6 is 23.2 Å². The minimum absolute atomic E-state index is 0.142. The van der Waals surface area contributed by atoms with Crippen LogP contribution in [0.2, 0.25) is 10.2 Å². The number of halogens is 2. The molecule has 0 bridgehead atoms. The summed E-state index contributed by atoms with van der Waals surface area (Å²) in [6.45, 7) is 2.21. The van der Waals surface area contributed by atoms with E-state index in [9.17, 15) is 9.59 Å². The number of carbonyl (C=O) groups is 2. The molecule has 1 fully saturated rings. The van der Waals surface area contributed by atoms with Crippen molar-refractivity contribution in [2.45, 2.75) is 26.0 Å². The Hall–Kier alpha value is -2.05. The van der Waals surface area contributed by atoms with E-state index in [1.54, 1.807) is 13.0 Å². The predicted octanol–water partition coefficient (Wildman–Crippen LogP) is 3.02. The van der Waals surface area contributed by atoms with E-state index in [0.717, 1.165) is 5.56 Å². The SMILES string of the molecule is Cc1nn(Cc2ccccc2Cl)c(Cl)c1C(=O)OC1CCOC1=O. The van der Waals surface area contributed by atoms with E-state index in [1.807, 2.05) is 18.2 Å². The van der Waals surface area contributed by atoms with Gasteiger partial charge in [0.1, 0.15) is 10.7 Å². The number of ether oxygens (including phenoxy) is 2. The van der Waals surface area contributed by atoms with Crippen molar-refractivity contribution in [1.29, 1.82) is 0 Å². The molecule has 1 saturated heterocycles. The highest BCUT2D eigenvalue weighted by Crippen LogP contribution is 2.25. The van der Waals surface area contributed by atoms with Gasteiger partial charge in [0.05, 0.1) is 18.8 Å². The monoisotopic (exact) mass is 368 g/mol. The van der Waals surface area contributed by atoms with Crippen LogP contribution in [0.3, 0.4) is 0 Å². The Bertz CT molecular complexity index is 803. The molecule has 1 aliphatic rings. The lowest BCUT2D eigenvalue weighted by atomic mass is 10.2. The lowest BCUT2D eigenvalue weighted by Crippen LogP contribution is -2.23. The largest absolute Gasteiger partial charge is 0.463 e. The molecule has 0 saturated carbocycles. The van der Waals surface area contributed by atoms with Crippen molar-refractivity contribution in [2.24, 2.45) is 0 Å². The van der Waals surface area contributed by atoms with E-state index in [4.69, 9.17) is 32.7 Å². The molecule has 2 aromatic rings. The van der Waals surface area contributed by atoms with Crippen molar-refractivity contribution in [3.05, 3.63) is 51.3 Å². The van der Waals surface area contributed by atoms with Crippen molar-refractivity contribution in [3.8, 4) is 0 Å². The lowest BCUT2D eigenvalue weighted by molar-refractivity contribution is -0.145. The van der Waals surface area contributed by atoms with Crippen molar-refractivity contribution in [1.82, 2.24) is 9.78 Å². The first-order chi connectivity index (χ1) is 11.5. The summed E-state index contributed by atoms with van der Waals surface area (Å²) in [5, 5.41) is 5.00. The summed E-state index contributed by atoms with van der Waals surface area (Å²) in [7, 11) is 0. The number of benzene rings is 1. The zero-order valence-corrected chi connectivity index (χ0v) is 14.3. The summed E-state index contributed by atoms with van der Waals surface area (Å²) in [6, 6.07) is 7.29. The molecule has 24 heavy (non-hydrogen) atoms. The van der Waals surface area contributed by atoms with Crippen LogP contribution in [-0.2, 0) is 20.8 Å². The van der Waals surface area contributed by atoms with E-state index in [-0.39, 0.29) is 17.3 Å². The van der Waals surface area contributed by atoms with Crippen molar-refractivity contribution >= 4 is 35.1 Å². The Morgan fingerprint density at radius 3 is 2.83 bits per heavy atom. The summed E-state index contributed by atoms with van der Waals surface area (Å²) in [5.41, 5.74) is 1.38. The van der Waals surface area contributed by atoms with E-state index in [0.29, 0.717) is 23.7 Å². The van der Waals surface area contributed by atoms with Crippen LogP contribution < -0.4 is 0 Å². The third-order valence-electron chi connectivity index (χ3n) is 3.68. The maximum absolute atomic E-state index is 12.3. The van der Waals surface area contributed by atoms with Gasteiger partial charge in [-0.15, -0.1) is 0 Å². The average molecular weight is 369 g/mol. The van der Waals surface area contributed by atoms with Gasteiger partial charge < -0.3 is 9.47 Å². The smallest absolute Gasteiger partial charge is 0.347 e. The Morgan fingerprint density at radius 1 is 1.42 bits per heavy atom. The molecule has 6 nitrogen and oxygen atoms in total. The summed E-state index contributed by atoms with van der Waals surface area (Å²) in [6.07, 6.45) is -0.547. The number of hydrogen-bond donors (Lipinski definition) is 0. The second-order valence-corrected chi connectivity index (χ2v) is 6.12. The maximum atomic E-state index is 12.3. The first kappa shape index (κ1) is 16.8. The molecule has 126 valence electrons. The first-order valence-electron chi connectivity index (χ1n) is 7.31. The fourth-order valence-electron chi connectivity index (χ4n) is 2.45. The molecule has 1 atom stereocenters. The summed E-state index contributed by atoms with van der Waals surface area (Å²) < 4.78 is 11.4. The minimum atomic E-state index is -0.889. The van der Waals surface area contributed by atoms with Crippen LogP contribution in [0.1, 0.15) is 28.0 Å². The molecule has 1 unspecified atom stereocenters. The third kappa shape index (κ3) is 3.25. The van der Waals surface area contributed by atoms with Crippen LogP contribution in [0, 0.1) is 6.92 Å². The minimum Gasteiger partial charge on any atom is -0.463 e. The van der Waals surface area contributed by atoms with Gasteiger partial charge in [0.25, 0.3) is 0 Å². The highest BCUT2D eigenvalue weighted by atomic mass is 35.5. The van der Waals surface area contributed by atoms with Crippen LogP contribution in [0.25, 0.3) is 0 Å². The highest BCUT2D eigenvalue weighted by Gasteiger charge is 2.32. The molecule has 1 aromatic heterocycles. The van der Waals surface area contributed by atoms with Gasteiger partial charge in [0, 0.05) is 11.4 Å². The molecule has 3 rings (SSSR count). The number of carbonyl (C=O) groups excluding carboxylic acids is 2. The number of cyclic esters (lactones) is 1. The van der Waals surface area contributed by atoms with Gasteiger partial charge >= 0.3 is 11.9 Å². The van der Waals surface area contributed by atoms with Crippen LogP contribution in [-0.4, -0.2) is 34.4 Å². The van der Waals surface area contributed by atoms with Gasteiger partial charge in [0.15, 0.2) is 0 Å². The van der Waals surface area contributed by atoms with Gasteiger partial charge in [-0.2, -0.15) is 5.10 Å². The lowest BCUT2D eigenvalue weighted by Gasteiger charge is -2.08. The van der Waals surface area contributed by atoms with Gasteiger partial charge in [-0.3, -0.25) is 0 Å². The summed E-state index contributed by atoms with van der Waals surface area (Å²) in [4.78, 5) is 23.8. The standard InChI is InChI=1S/C16H14Cl2N2O4/c1-9-13(16(22)24-12-6-7-23-15(12)21)14(18)20(19-9)8-10-4-2-3-5-11(10)17/h2-5,12H,6-8H2,1H3. The maximum Gasteiger partial charge on any atom is 0.347 e. The molecule has 0 spiro atoms. The normalized spacial score (nSPS) is 17.0. The Morgan fingerprint density at radius 2 is 2.17 bits per heavy atom. The summed E-state index contributed by atoms with van der Waals surface area (Å²) >= 11 is 12.4. The van der Waals surface area contributed by atoms with Crippen molar-refractivity contribution < 1.29 is 19.1 Å². The predicted molar refractivity (Wildman–Crippen MR) is 87.3 cm³/mol. The highest BCUT2D eigenvalue weighted by molar-refractivity contribution is 6.33. The van der Waals surface area contributed by atoms with Crippen LogP contribution in [0.15, 0.2) is 24.3 Å². The van der Waals surface area contributed by atoms with E-state index >= 15 is 0 Å². The van der Waals surface area contributed by atoms with Gasteiger partial charge in [-0.05, 0) is 18.6 Å². The first-order valence-corrected chi connectivity index (χ1v) is 8.07. The fraction of sp³-hybridized carbons (Fsp3) is 0.312. The number of aromatic nitrogens is 2. The van der Waals surface area contributed by atoms with Crippen molar-refractivity contribution in [2.75, 3.05) is 6.61 Å². The van der Waals surface area contributed by atoms with Gasteiger partial charge in [-0.1, -0.05) is 41.4 Å². The van der Waals surface area contributed by atoms with Gasteiger partial charge in [0.2, 0.25) is 6.10 Å². The number of hydrogen-bond acceptors (Lipinski definition) is 5. The third-order valence-corrected chi connectivity index (χ3v) is 4.44. The zero-order valence-electron chi connectivity index (χ0n) is 12.8. The van der Waals surface area contributed by atoms with Crippen LogP contribution in [0.4, 0.5) is 0 Å².